The zero-order valence-corrected chi connectivity index (χ0v) is 16.8. The van der Waals surface area contributed by atoms with Crippen molar-refractivity contribution in [3.05, 3.63) is 0 Å². The van der Waals surface area contributed by atoms with E-state index in [4.69, 9.17) is 14.7 Å². The third-order valence-electron chi connectivity index (χ3n) is 4.34. The van der Waals surface area contributed by atoms with E-state index in [1.54, 1.807) is 14.0 Å². The minimum atomic E-state index is -0.368. The van der Waals surface area contributed by atoms with Crippen LogP contribution in [0, 0.1) is 11.8 Å². The summed E-state index contributed by atoms with van der Waals surface area (Å²) in [5, 5.41) is 10.2. The third-order valence-corrected chi connectivity index (χ3v) is 4.34. The molecule has 0 aliphatic carbocycles. The Morgan fingerprint density at radius 2 is 1.60 bits per heavy atom. The Hall–Kier alpha value is -1.18. The van der Waals surface area contributed by atoms with Gasteiger partial charge in [0.2, 0.25) is 0 Å². The molecule has 0 saturated carbocycles. The first-order valence-electron chi connectivity index (χ1n) is 9.04. The molecule has 0 aliphatic heterocycles. The van der Waals surface area contributed by atoms with Gasteiger partial charge in [0, 0.05) is 26.6 Å². The van der Waals surface area contributed by atoms with Crippen molar-refractivity contribution in [2.45, 2.75) is 66.2 Å². The molecule has 0 fully saturated rings. The van der Waals surface area contributed by atoms with Crippen LogP contribution in [0.1, 0.15) is 53.9 Å². The van der Waals surface area contributed by atoms with Crippen LogP contribution in [0.15, 0.2) is 0 Å². The minimum absolute atomic E-state index is 0.0791. The number of carbonyl (C=O) groups excluding carboxylic acids is 2. The number of esters is 2. The lowest BCUT2D eigenvalue weighted by atomic mass is 10.1. The smallest absolute Gasteiger partial charge is 0.310 e. The van der Waals surface area contributed by atoms with Crippen LogP contribution >= 0.6 is 0 Å². The Labute approximate surface area is 152 Å². The maximum absolute atomic E-state index is 12.0. The lowest BCUT2D eigenvalue weighted by Gasteiger charge is -2.26. The van der Waals surface area contributed by atoms with Crippen LogP contribution < -0.4 is 0 Å². The highest BCUT2D eigenvalue weighted by Crippen LogP contribution is 2.10. The Balaban J connectivity index is 4.07. The molecule has 3 atom stereocenters. The van der Waals surface area contributed by atoms with E-state index in [2.05, 4.69) is 0 Å². The van der Waals surface area contributed by atoms with Gasteiger partial charge < -0.3 is 14.7 Å². The van der Waals surface area contributed by atoms with E-state index in [1.807, 2.05) is 39.6 Å². The number of nitrogens with zero attached hydrogens (tertiary/aromatic N) is 2. The maximum Gasteiger partial charge on any atom is 0.310 e. The van der Waals surface area contributed by atoms with Gasteiger partial charge in [-0.15, -0.1) is 0 Å². The van der Waals surface area contributed by atoms with E-state index in [0.29, 0.717) is 38.3 Å². The van der Waals surface area contributed by atoms with Gasteiger partial charge in [-0.1, -0.05) is 20.8 Å². The zero-order chi connectivity index (χ0) is 19.6. The zero-order valence-electron chi connectivity index (χ0n) is 16.8. The van der Waals surface area contributed by atoms with Crippen LogP contribution in [0.25, 0.3) is 0 Å². The lowest BCUT2D eigenvalue weighted by molar-refractivity contribution is -0.162. The number of hydrogen-bond acceptors (Lipinski definition) is 7. The second kappa shape index (κ2) is 12.2. The maximum atomic E-state index is 12.0. The Morgan fingerprint density at radius 1 is 1.00 bits per heavy atom. The first-order chi connectivity index (χ1) is 11.5. The average molecular weight is 360 g/mol. The molecule has 0 rings (SSSR count). The van der Waals surface area contributed by atoms with E-state index in [-0.39, 0.29) is 30.2 Å². The van der Waals surface area contributed by atoms with Gasteiger partial charge in [-0.25, -0.2) is 0 Å². The largest absolute Gasteiger partial charge is 0.462 e. The fourth-order valence-electron chi connectivity index (χ4n) is 1.93. The van der Waals surface area contributed by atoms with Gasteiger partial charge in [0.1, 0.15) is 6.10 Å². The number of hydroxylamine groups is 2. The van der Waals surface area contributed by atoms with E-state index in [9.17, 15) is 9.59 Å². The van der Waals surface area contributed by atoms with Gasteiger partial charge in [-0.05, 0) is 39.7 Å². The summed E-state index contributed by atoms with van der Waals surface area (Å²) in [7, 11) is 3.40. The molecule has 0 aromatic carbocycles. The summed E-state index contributed by atoms with van der Waals surface area (Å²) in [4.78, 5) is 25.7. The molecular weight excluding hydrogens is 324 g/mol. The average Bonchev–Trinajstić information content (AvgIpc) is 2.51. The molecule has 3 unspecified atom stereocenters. The highest BCUT2D eigenvalue weighted by Gasteiger charge is 2.20. The summed E-state index contributed by atoms with van der Waals surface area (Å²) < 4.78 is 10.8. The van der Waals surface area contributed by atoms with Gasteiger partial charge >= 0.3 is 11.9 Å². The molecule has 0 radical (unpaired) electrons. The lowest BCUT2D eigenvalue weighted by Crippen LogP contribution is -2.36. The highest BCUT2D eigenvalue weighted by molar-refractivity contribution is 5.72. The second-order valence-corrected chi connectivity index (χ2v) is 7.13. The fraction of sp³-hybridized carbons (Fsp3) is 0.889. The standard InChI is InChI=1S/C18H36N2O5/c1-13(2)15(4)24-17(21)9-8-11-19(6)16(5)25-18(22)14(3)10-12-20(7)23/h13-16,23H,8-12H2,1-7H3. The molecule has 0 saturated heterocycles. The first kappa shape index (κ1) is 23.8. The van der Waals surface area contributed by atoms with Crippen molar-refractivity contribution in [2.24, 2.45) is 11.8 Å². The summed E-state index contributed by atoms with van der Waals surface area (Å²) in [6, 6.07) is 0. The van der Waals surface area contributed by atoms with E-state index < -0.39 is 0 Å². The normalized spacial score (nSPS) is 15.3. The molecule has 7 heteroatoms. The third kappa shape index (κ3) is 11.1. The predicted molar refractivity (Wildman–Crippen MR) is 96.0 cm³/mol. The fourth-order valence-corrected chi connectivity index (χ4v) is 1.93. The van der Waals surface area contributed by atoms with Gasteiger partial charge in [-0.3, -0.25) is 14.5 Å². The van der Waals surface area contributed by atoms with E-state index in [0.717, 1.165) is 5.06 Å². The summed E-state index contributed by atoms with van der Waals surface area (Å²) >= 11 is 0. The molecule has 1 N–H and O–H groups in total. The monoisotopic (exact) mass is 360 g/mol. The number of hydrogen-bond donors (Lipinski definition) is 1. The van der Waals surface area contributed by atoms with Gasteiger partial charge in [0.15, 0.2) is 6.23 Å². The van der Waals surface area contributed by atoms with Gasteiger partial charge in [0.05, 0.1) is 5.92 Å². The Morgan fingerprint density at radius 3 is 2.12 bits per heavy atom. The molecule has 0 spiro atoms. The topological polar surface area (TPSA) is 79.3 Å². The van der Waals surface area contributed by atoms with Crippen molar-refractivity contribution < 1.29 is 24.3 Å². The van der Waals surface area contributed by atoms with Crippen molar-refractivity contribution in [2.75, 3.05) is 27.2 Å². The predicted octanol–water partition coefficient (Wildman–Crippen LogP) is 2.52. The van der Waals surface area contributed by atoms with Crippen molar-refractivity contribution in [1.29, 1.82) is 0 Å². The Bertz CT molecular complexity index is 401. The highest BCUT2D eigenvalue weighted by atomic mass is 16.6. The molecule has 0 bridgehead atoms. The van der Waals surface area contributed by atoms with Crippen molar-refractivity contribution in [1.82, 2.24) is 9.96 Å². The molecule has 25 heavy (non-hydrogen) atoms. The molecule has 0 aromatic heterocycles. The number of carbonyl (C=O) groups is 2. The number of ether oxygens (including phenoxy) is 2. The van der Waals surface area contributed by atoms with Crippen LogP contribution in [0.3, 0.4) is 0 Å². The summed E-state index contributed by atoms with van der Waals surface area (Å²) in [5.41, 5.74) is 0. The SMILES string of the molecule is CC(CCN(C)O)C(=O)OC(C)N(C)CCCC(=O)OC(C)C(C)C. The molecule has 0 heterocycles. The first-order valence-corrected chi connectivity index (χ1v) is 9.04. The minimum Gasteiger partial charge on any atom is -0.462 e. The van der Waals surface area contributed by atoms with Crippen LogP contribution in [0.4, 0.5) is 0 Å². The van der Waals surface area contributed by atoms with Crippen LogP contribution in [-0.2, 0) is 19.1 Å². The van der Waals surface area contributed by atoms with Crippen LogP contribution in [0.2, 0.25) is 0 Å². The molecule has 0 aromatic rings. The van der Waals surface area contributed by atoms with Gasteiger partial charge in [-0.2, -0.15) is 5.06 Å². The summed E-state index contributed by atoms with van der Waals surface area (Å²) in [5.74, 6) is -0.455. The second-order valence-electron chi connectivity index (χ2n) is 7.13. The quantitative estimate of drug-likeness (QED) is 0.325. The van der Waals surface area contributed by atoms with Crippen LogP contribution in [-0.4, -0.2) is 66.6 Å². The van der Waals surface area contributed by atoms with Crippen molar-refractivity contribution >= 4 is 11.9 Å². The molecule has 0 amide bonds. The van der Waals surface area contributed by atoms with Crippen molar-refractivity contribution in [3.8, 4) is 0 Å². The van der Waals surface area contributed by atoms with Crippen LogP contribution in [0.5, 0.6) is 0 Å². The molecule has 0 aliphatic rings. The molecular formula is C18H36N2O5. The molecule has 148 valence electrons. The Kier molecular flexibility index (Phi) is 11.6. The van der Waals surface area contributed by atoms with E-state index >= 15 is 0 Å². The van der Waals surface area contributed by atoms with Crippen molar-refractivity contribution in [3.63, 3.8) is 0 Å². The summed E-state index contributed by atoms with van der Waals surface area (Å²) in [6.45, 7) is 10.6. The number of rotatable bonds is 12. The van der Waals surface area contributed by atoms with Gasteiger partial charge in [0.25, 0.3) is 0 Å². The molecule has 7 nitrogen and oxygen atoms in total. The van der Waals surface area contributed by atoms with E-state index in [1.165, 1.54) is 0 Å². The summed E-state index contributed by atoms with van der Waals surface area (Å²) in [6.07, 6.45) is 1.08.